The highest BCUT2D eigenvalue weighted by molar-refractivity contribution is 7.07. The van der Waals surface area contributed by atoms with Gasteiger partial charge in [-0.3, -0.25) is 20.2 Å². The maximum absolute atomic E-state index is 12.6. The third kappa shape index (κ3) is 5.02. The maximum atomic E-state index is 12.6. The Labute approximate surface area is 193 Å². The molecule has 1 saturated heterocycles. The fourth-order valence-electron chi connectivity index (χ4n) is 3.24. The first-order chi connectivity index (χ1) is 16.0. The lowest BCUT2D eigenvalue weighted by Gasteiger charge is -2.34. The first-order valence-electron chi connectivity index (χ1n) is 10.2. The molecule has 9 nitrogen and oxygen atoms in total. The minimum atomic E-state index is -1.92. The number of amides is 4. The summed E-state index contributed by atoms with van der Waals surface area (Å²) >= 11 is 1.53. The number of aromatic nitrogens is 1. The Morgan fingerprint density at radius 2 is 1.52 bits per heavy atom. The van der Waals surface area contributed by atoms with E-state index >= 15 is 0 Å². The Balaban J connectivity index is 1.46. The molecule has 1 aliphatic heterocycles. The van der Waals surface area contributed by atoms with Gasteiger partial charge in [0.25, 0.3) is 17.4 Å². The minimum Gasteiger partial charge on any atom is -0.467 e. The molecule has 1 aromatic heterocycles. The highest BCUT2D eigenvalue weighted by atomic mass is 32.1. The van der Waals surface area contributed by atoms with Crippen molar-refractivity contribution in [3.8, 4) is 28.5 Å². The van der Waals surface area contributed by atoms with Crippen LogP contribution in [0.2, 0.25) is 0 Å². The number of rotatable bonds is 9. The first-order valence-corrected chi connectivity index (χ1v) is 11.1. The summed E-state index contributed by atoms with van der Waals surface area (Å²) in [7, 11) is 0. The quantitative estimate of drug-likeness (QED) is 0.365. The number of thiazole rings is 1. The van der Waals surface area contributed by atoms with Crippen molar-refractivity contribution in [2.45, 2.75) is 18.9 Å². The summed E-state index contributed by atoms with van der Waals surface area (Å²) in [6, 6.07) is 13.1. The number of carbonyl (C=O) groups excluding carboxylic acids is 3. The molecule has 0 spiro atoms. The van der Waals surface area contributed by atoms with E-state index in [2.05, 4.69) is 15.6 Å². The lowest BCUT2D eigenvalue weighted by Crippen LogP contribution is -2.69. The van der Waals surface area contributed by atoms with Crippen LogP contribution in [-0.2, 0) is 14.3 Å². The molecule has 4 rings (SSSR count). The van der Waals surface area contributed by atoms with E-state index in [0.29, 0.717) is 18.1 Å². The predicted octanol–water partition coefficient (Wildman–Crippen LogP) is 3.51. The largest absolute Gasteiger partial charge is 0.467 e. The van der Waals surface area contributed by atoms with Crippen LogP contribution < -0.4 is 20.1 Å². The Morgan fingerprint density at radius 3 is 2.09 bits per heavy atom. The van der Waals surface area contributed by atoms with Crippen molar-refractivity contribution < 1.29 is 28.6 Å². The summed E-state index contributed by atoms with van der Waals surface area (Å²) < 4.78 is 17.0. The van der Waals surface area contributed by atoms with Gasteiger partial charge in [0.05, 0.1) is 17.8 Å². The fraction of sp³-hybridized carbons (Fsp3) is 0.217. The van der Waals surface area contributed by atoms with Gasteiger partial charge in [0, 0.05) is 24.0 Å². The molecule has 2 heterocycles. The molecule has 10 heteroatoms. The second-order valence-corrected chi connectivity index (χ2v) is 7.80. The van der Waals surface area contributed by atoms with Crippen LogP contribution in [-0.4, -0.2) is 41.6 Å². The summed E-state index contributed by atoms with van der Waals surface area (Å²) in [5.41, 5.74) is 1.76. The zero-order valence-corrected chi connectivity index (χ0v) is 18.5. The topological polar surface area (TPSA) is 116 Å². The van der Waals surface area contributed by atoms with E-state index in [9.17, 15) is 14.4 Å². The first kappa shape index (κ1) is 22.4. The van der Waals surface area contributed by atoms with Gasteiger partial charge in [0.15, 0.2) is 0 Å². The van der Waals surface area contributed by atoms with Crippen molar-refractivity contribution >= 4 is 29.2 Å². The molecule has 3 aromatic rings. The molecule has 4 amide bonds. The number of nitrogens with zero attached hydrogens (tertiary/aromatic N) is 1. The van der Waals surface area contributed by atoms with Crippen LogP contribution in [0, 0.1) is 0 Å². The summed E-state index contributed by atoms with van der Waals surface area (Å²) in [5, 5.41) is 6.15. The van der Waals surface area contributed by atoms with Crippen molar-refractivity contribution in [2.24, 2.45) is 0 Å². The molecule has 33 heavy (non-hydrogen) atoms. The number of carbonyl (C=O) groups is 3. The summed E-state index contributed by atoms with van der Waals surface area (Å²) in [6.45, 7) is 2.31. The molecule has 0 atom stereocenters. The fourth-order valence-corrected chi connectivity index (χ4v) is 3.80. The van der Waals surface area contributed by atoms with Crippen molar-refractivity contribution in [1.82, 2.24) is 15.6 Å². The third-order valence-electron chi connectivity index (χ3n) is 4.92. The van der Waals surface area contributed by atoms with Crippen molar-refractivity contribution in [1.29, 1.82) is 0 Å². The number of imide groups is 2. The lowest BCUT2D eigenvalue weighted by molar-refractivity contribution is -0.153. The van der Waals surface area contributed by atoms with E-state index in [1.54, 1.807) is 36.7 Å². The molecular formula is C23H21N3O6S. The van der Waals surface area contributed by atoms with Gasteiger partial charge in [0.1, 0.15) is 17.2 Å². The molecule has 2 aromatic carbocycles. The van der Waals surface area contributed by atoms with Gasteiger partial charge in [-0.05, 0) is 55.5 Å². The van der Waals surface area contributed by atoms with Crippen LogP contribution in [0.25, 0.3) is 11.3 Å². The Morgan fingerprint density at radius 1 is 0.909 bits per heavy atom. The highest BCUT2D eigenvalue weighted by Gasteiger charge is 2.52. The van der Waals surface area contributed by atoms with Gasteiger partial charge in [-0.2, -0.15) is 0 Å². The summed E-state index contributed by atoms with van der Waals surface area (Å²) in [5.74, 6) is -0.231. The second-order valence-electron chi connectivity index (χ2n) is 7.08. The molecule has 0 aliphatic carbocycles. The SMILES string of the molecule is CCOCCC1(Oc2ccc(Oc3ccc(-c4cscn4)cc3)cc2)C(=O)NC(=O)NC1=O. The number of urea groups is 1. The van der Waals surface area contributed by atoms with Gasteiger partial charge in [-0.15, -0.1) is 11.3 Å². The molecule has 2 N–H and O–H groups in total. The van der Waals surface area contributed by atoms with E-state index in [0.717, 1.165) is 11.3 Å². The van der Waals surface area contributed by atoms with Crippen molar-refractivity contribution in [3.05, 3.63) is 59.4 Å². The summed E-state index contributed by atoms with van der Waals surface area (Å²) in [6.07, 6.45) is -0.0601. The van der Waals surface area contributed by atoms with Crippen LogP contribution in [0.3, 0.4) is 0 Å². The third-order valence-corrected chi connectivity index (χ3v) is 5.51. The molecule has 0 radical (unpaired) electrons. The molecular weight excluding hydrogens is 446 g/mol. The van der Waals surface area contributed by atoms with Gasteiger partial charge in [0.2, 0.25) is 0 Å². The van der Waals surface area contributed by atoms with Crippen LogP contribution >= 0.6 is 11.3 Å². The van der Waals surface area contributed by atoms with E-state index < -0.39 is 23.4 Å². The van der Waals surface area contributed by atoms with Crippen molar-refractivity contribution in [2.75, 3.05) is 13.2 Å². The molecule has 0 bridgehead atoms. The Hall–Kier alpha value is -3.76. The average Bonchev–Trinajstić information content (AvgIpc) is 3.34. The number of ether oxygens (including phenoxy) is 3. The molecule has 0 saturated carbocycles. The van der Waals surface area contributed by atoms with Gasteiger partial charge < -0.3 is 14.2 Å². The van der Waals surface area contributed by atoms with Gasteiger partial charge in [-0.25, -0.2) is 9.78 Å². The minimum absolute atomic E-state index is 0.0601. The standard InChI is InChI=1S/C23H21N3O6S/c1-2-30-12-11-23(20(27)25-22(29)26-21(23)28)32-18-9-7-17(8-10-18)31-16-5-3-15(4-6-16)19-13-33-14-24-19/h3-10,13-14H,2,11-12H2,1H3,(H2,25,26,27,28,29). The average molecular weight is 468 g/mol. The molecule has 1 aliphatic rings. The van der Waals surface area contributed by atoms with E-state index in [1.165, 1.54) is 11.3 Å². The maximum Gasteiger partial charge on any atom is 0.328 e. The van der Waals surface area contributed by atoms with Crippen LogP contribution in [0.1, 0.15) is 13.3 Å². The number of nitrogens with one attached hydrogen (secondary N) is 2. The Kier molecular flexibility index (Phi) is 6.66. The number of hydrogen-bond acceptors (Lipinski definition) is 8. The molecule has 1 fully saturated rings. The van der Waals surface area contributed by atoms with E-state index in [-0.39, 0.29) is 18.8 Å². The molecule has 0 unspecified atom stereocenters. The molecule has 170 valence electrons. The number of barbiturate groups is 1. The second kappa shape index (κ2) is 9.80. The van der Waals surface area contributed by atoms with Crippen LogP contribution in [0.15, 0.2) is 59.4 Å². The van der Waals surface area contributed by atoms with Crippen LogP contribution in [0.5, 0.6) is 17.2 Å². The predicted molar refractivity (Wildman–Crippen MR) is 120 cm³/mol. The summed E-state index contributed by atoms with van der Waals surface area (Å²) in [4.78, 5) is 40.9. The van der Waals surface area contributed by atoms with E-state index in [1.807, 2.05) is 29.6 Å². The van der Waals surface area contributed by atoms with E-state index in [4.69, 9.17) is 14.2 Å². The Bertz CT molecular complexity index is 1110. The highest BCUT2D eigenvalue weighted by Crippen LogP contribution is 2.29. The number of benzene rings is 2. The smallest absolute Gasteiger partial charge is 0.328 e. The van der Waals surface area contributed by atoms with Gasteiger partial charge >= 0.3 is 6.03 Å². The lowest BCUT2D eigenvalue weighted by atomic mass is 9.95. The van der Waals surface area contributed by atoms with Crippen molar-refractivity contribution in [3.63, 3.8) is 0 Å². The van der Waals surface area contributed by atoms with Crippen LogP contribution in [0.4, 0.5) is 4.79 Å². The number of hydrogen-bond donors (Lipinski definition) is 2. The zero-order chi connectivity index (χ0) is 23.3. The monoisotopic (exact) mass is 467 g/mol. The normalized spacial score (nSPS) is 15.0. The van der Waals surface area contributed by atoms with Gasteiger partial charge in [-0.1, -0.05) is 0 Å². The zero-order valence-electron chi connectivity index (χ0n) is 17.7.